The minimum atomic E-state index is -1.55. The molecule has 8 nitrogen and oxygen atoms in total. The maximum Gasteiger partial charge on any atom is 0.167 e. The van der Waals surface area contributed by atoms with Gasteiger partial charge in [-0.2, -0.15) is 0 Å². The number of hydrogen-bond acceptors (Lipinski definition) is 7. The van der Waals surface area contributed by atoms with Crippen molar-refractivity contribution >= 4 is 16.9 Å². The molecule has 4 atom stereocenters. The summed E-state index contributed by atoms with van der Waals surface area (Å²) in [5.74, 6) is 0.679. The molecule has 4 N–H and O–H groups in total. The van der Waals surface area contributed by atoms with Crippen molar-refractivity contribution in [1.82, 2.24) is 14.5 Å². The second-order valence-corrected chi connectivity index (χ2v) is 5.77. The van der Waals surface area contributed by atoms with E-state index in [1.165, 1.54) is 13.3 Å². The van der Waals surface area contributed by atoms with Crippen LogP contribution in [-0.2, 0) is 25.8 Å². The third-order valence-electron chi connectivity index (χ3n) is 4.22. The van der Waals surface area contributed by atoms with Crippen molar-refractivity contribution in [1.29, 1.82) is 0 Å². The van der Waals surface area contributed by atoms with Crippen molar-refractivity contribution in [2.75, 3.05) is 19.0 Å². The molecular weight excluding hydrogens is 472 g/mol. The van der Waals surface area contributed by atoms with Gasteiger partial charge in [0.15, 0.2) is 6.23 Å². The number of fused-ring (bicyclic) bond motifs is 1. The monoisotopic (exact) mass is 492 g/mol. The van der Waals surface area contributed by atoms with Crippen molar-refractivity contribution in [3.05, 3.63) is 18.1 Å². The molecule has 2 aromatic heterocycles. The number of aliphatic hydroxyl groups excluding tert-OH is 2. The fourth-order valence-corrected chi connectivity index (χ4v) is 3.03. The fourth-order valence-electron chi connectivity index (χ4n) is 3.03. The Kier molecular flexibility index (Phi) is 5.13. The Morgan fingerprint density at radius 3 is 2.70 bits per heavy atom. The van der Waals surface area contributed by atoms with E-state index in [1.807, 2.05) is 6.92 Å². The summed E-state index contributed by atoms with van der Waals surface area (Å²) in [7, 11) is 1.77. The third kappa shape index (κ3) is 2.68. The molecule has 1 fully saturated rings. The molecule has 1 unspecified atom stereocenters. The molecule has 3 heterocycles. The Balaban J connectivity index is 0.00000192. The predicted molar refractivity (Wildman–Crippen MR) is 79.4 cm³/mol. The van der Waals surface area contributed by atoms with Crippen molar-refractivity contribution in [3.63, 3.8) is 0 Å². The second-order valence-electron chi connectivity index (χ2n) is 5.77. The summed E-state index contributed by atoms with van der Waals surface area (Å²) < 4.78 is 7.32. The van der Waals surface area contributed by atoms with Gasteiger partial charge in [0.2, 0.25) is 0 Å². The molecule has 0 radical (unpaired) electrons. The first-order valence-corrected chi connectivity index (χ1v) is 7.08. The number of aryl methyl sites for hydroxylation is 1. The van der Waals surface area contributed by atoms with Crippen LogP contribution < -0.4 is 5.32 Å². The number of anilines is 1. The van der Waals surface area contributed by atoms with Gasteiger partial charge in [-0.25, -0.2) is 9.97 Å². The van der Waals surface area contributed by atoms with Crippen LogP contribution in [0, 0.1) is 6.92 Å². The van der Waals surface area contributed by atoms with Gasteiger partial charge in [0.1, 0.15) is 35.6 Å². The van der Waals surface area contributed by atoms with Gasteiger partial charge in [0.25, 0.3) is 0 Å². The van der Waals surface area contributed by atoms with E-state index in [2.05, 4.69) is 15.3 Å². The molecule has 0 spiro atoms. The van der Waals surface area contributed by atoms with Gasteiger partial charge in [-0.3, -0.25) is 0 Å². The first-order chi connectivity index (χ1) is 10.4. The zero-order valence-electron chi connectivity index (χ0n) is 13.1. The maximum atomic E-state index is 10.6. The van der Waals surface area contributed by atoms with Crippen LogP contribution in [0.3, 0.4) is 0 Å². The molecule has 0 amide bonds. The minimum Gasteiger partial charge on any atom is -0.394 e. The molecule has 0 aromatic carbocycles. The summed E-state index contributed by atoms with van der Waals surface area (Å²) in [5.41, 5.74) is -0.0366. The van der Waals surface area contributed by atoms with Gasteiger partial charge in [-0.1, -0.05) is 0 Å². The van der Waals surface area contributed by atoms with E-state index in [1.54, 1.807) is 17.8 Å². The quantitative estimate of drug-likeness (QED) is 0.469. The Morgan fingerprint density at radius 1 is 1.43 bits per heavy atom. The van der Waals surface area contributed by atoms with E-state index < -0.39 is 24.0 Å². The summed E-state index contributed by atoms with van der Waals surface area (Å²) in [6.45, 7) is 3.02. The summed E-state index contributed by atoms with van der Waals surface area (Å²) in [6, 6.07) is 0. The first-order valence-electron chi connectivity index (χ1n) is 7.08. The van der Waals surface area contributed by atoms with Crippen LogP contribution in [0.15, 0.2) is 12.5 Å². The van der Waals surface area contributed by atoms with E-state index in [0.717, 1.165) is 10.9 Å². The van der Waals surface area contributed by atoms with Crippen LogP contribution in [0.1, 0.15) is 18.7 Å². The molecule has 1 aliphatic heterocycles. The number of aliphatic hydroxyl groups is 3. The molecule has 9 heteroatoms. The van der Waals surface area contributed by atoms with E-state index in [-0.39, 0.29) is 27.7 Å². The normalized spacial score (nSPS) is 30.4. The van der Waals surface area contributed by atoms with Crippen LogP contribution in [0.2, 0.25) is 0 Å². The van der Waals surface area contributed by atoms with Crippen molar-refractivity contribution in [2.24, 2.45) is 0 Å². The molecule has 0 saturated carbocycles. The van der Waals surface area contributed by atoms with E-state index in [9.17, 15) is 15.3 Å². The number of ether oxygens (including phenoxy) is 1. The summed E-state index contributed by atoms with van der Waals surface area (Å²) in [6.07, 6.45) is 0.337. The Morgan fingerprint density at radius 2 is 2.13 bits per heavy atom. The van der Waals surface area contributed by atoms with Gasteiger partial charge in [0, 0.05) is 34.3 Å². The van der Waals surface area contributed by atoms with Crippen molar-refractivity contribution in [3.8, 4) is 0 Å². The summed E-state index contributed by atoms with van der Waals surface area (Å²) >= 11 is 0. The summed E-state index contributed by atoms with van der Waals surface area (Å²) in [5, 5.41) is 33.9. The second kappa shape index (κ2) is 6.45. The van der Waals surface area contributed by atoms with Crippen LogP contribution in [0.25, 0.3) is 11.0 Å². The number of hydrogen-bond donors (Lipinski definition) is 4. The molecule has 0 bridgehead atoms. The number of nitrogens with zero attached hydrogens (tertiary/aromatic N) is 3. The van der Waals surface area contributed by atoms with Gasteiger partial charge in [0.05, 0.1) is 12.0 Å². The van der Waals surface area contributed by atoms with E-state index in [4.69, 9.17) is 4.74 Å². The number of nitrogens with one attached hydrogen (secondary N) is 1. The van der Waals surface area contributed by atoms with Gasteiger partial charge in [-0.15, -0.1) is 0 Å². The number of aromatic nitrogens is 3. The minimum absolute atomic E-state index is 0. The Labute approximate surface area is 147 Å². The average Bonchev–Trinajstić information content (AvgIpc) is 2.95. The Hall–Kier alpha value is -1.05. The third-order valence-corrected chi connectivity index (χ3v) is 4.22. The molecule has 23 heavy (non-hydrogen) atoms. The molecular formula is C14H20N4O4W. The van der Waals surface area contributed by atoms with Gasteiger partial charge >= 0.3 is 0 Å². The first kappa shape index (κ1) is 18.3. The SMILES string of the molecule is CNc1ncnc2c1c(C)cn2[C@@H]1OC(CO)[C@@H](O)[C@@]1(C)O.[W]. The average molecular weight is 492 g/mol. The Bertz CT molecular complexity index is 705. The molecule has 1 aliphatic rings. The standard InChI is InChI=1S/C14H20N4O4.W/c1-7-4-18(12-9(7)11(15-3)16-6-17-12)13-14(2,21)10(20)8(5-19)22-13;/h4,6,8,10,13,19-21H,5H2,1-3H3,(H,15,16,17);/t8?,10-,13-,14-;/m1./s1. The fraction of sp³-hybridized carbons (Fsp3) is 0.571. The molecule has 1 saturated heterocycles. The van der Waals surface area contributed by atoms with Gasteiger partial charge < -0.3 is 29.9 Å². The van der Waals surface area contributed by atoms with Crippen LogP contribution >= 0.6 is 0 Å². The van der Waals surface area contributed by atoms with Crippen molar-refractivity contribution < 1.29 is 41.1 Å². The number of rotatable bonds is 3. The molecule has 126 valence electrons. The van der Waals surface area contributed by atoms with Crippen molar-refractivity contribution in [2.45, 2.75) is 37.9 Å². The molecule has 3 rings (SSSR count). The zero-order chi connectivity index (χ0) is 16.1. The van der Waals surface area contributed by atoms with Gasteiger partial charge in [-0.05, 0) is 19.4 Å². The topological polar surface area (TPSA) is 113 Å². The maximum absolute atomic E-state index is 10.6. The van der Waals surface area contributed by atoms with E-state index >= 15 is 0 Å². The largest absolute Gasteiger partial charge is 0.394 e. The van der Waals surface area contributed by atoms with E-state index in [0.29, 0.717) is 11.5 Å². The molecule has 0 aliphatic carbocycles. The molecule has 2 aromatic rings. The predicted octanol–water partition coefficient (Wildman–Crippen LogP) is -0.219. The van der Waals surface area contributed by atoms with Crippen LogP contribution in [-0.4, -0.2) is 61.3 Å². The summed E-state index contributed by atoms with van der Waals surface area (Å²) in [4.78, 5) is 8.45. The smallest absolute Gasteiger partial charge is 0.167 e. The van der Waals surface area contributed by atoms with Crippen LogP contribution in [0.5, 0.6) is 0 Å². The van der Waals surface area contributed by atoms with Crippen LogP contribution in [0.4, 0.5) is 5.82 Å². The zero-order valence-corrected chi connectivity index (χ0v) is 16.0.